The SMILES string of the molecule is O=C(O)c1nc(NC2CC(O)C2)ccc1Cl. The number of aliphatic hydroxyl groups excluding tert-OH is 1. The van der Waals surface area contributed by atoms with Crippen LogP contribution in [0.2, 0.25) is 5.02 Å². The van der Waals surface area contributed by atoms with Gasteiger partial charge < -0.3 is 15.5 Å². The molecule has 1 saturated carbocycles. The van der Waals surface area contributed by atoms with Crippen LogP contribution < -0.4 is 5.32 Å². The van der Waals surface area contributed by atoms with Crippen molar-refractivity contribution in [3.63, 3.8) is 0 Å². The molecular weight excluding hydrogens is 232 g/mol. The number of nitrogens with zero attached hydrogens (tertiary/aromatic N) is 1. The smallest absolute Gasteiger partial charge is 0.356 e. The average Bonchev–Trinajstić information content (AvgIpc) is 2.18. The van der Waals surface area contributed by atoms with Gasteiger partial charge >= 0.3 is 5.97 Å². The molecule has 1 aromatic rings. The normalized spacial score (nSPS) is 23.6. The van der Waals surface area contributed by atoms with E-state index in [1.165, 1.54) is 6.07 Å². The zero-order valence-corrected chi connectivity index (χ0v) is 9.11. The van der Waals surface area contributed by atoms with Crippen LogP contribution in [0, 0.1) is 0 Å². The van der Waals surface area contributed by atoms with Crippen molar-refractivity contribution in [3.8, 4) is 0 Å². The van der Waals surface area contributed by atoms with Crippen molar-refractivity contribution >= 4 is 23.4 Å². The van der Waals surface area contributed by atoms with Crippen LogP contribution in [0.1, 0.15) is 23.3 Å². The van der Waals surface area contributed by atoms with Crippen molar-refractivity contribution in [1.29, 1.82) is 0 Å². The van der Waals surface area contributed by atoms with Crippen molar-refractivity contribution in [2.45, 2.75) is 25.0 Å². The van der Waals surface area contributed by atoms with Crippen LogP contribution in [0.3, 0.4) is 0 Å². The summed E-state index contributed by atoms with van der Waals surface area (Å²) in [5.74, 6) is -0.680. The third-order valence-corrected chi connectivity index (χ3v) is 2.82. The van der Waals surface area contributed by atoms with Crippen LogP contribution in [-0.4, -0.2) is 33.3 Å². The van der Waals surface area contributed by atoms with Gasteiger partial charge in [-0.15, -0.1) is 0 Å². The van der Waals surface area contributed by atoms with E-state index in [-0.39, 0.29) is 22.9 Å². The Hall–Kier alpha value is -1.33. The molecule has 0 amide bonds. The molecule has 1 aromatic heterocycles. The lowest BCUT2D eigenvalue weighted by atomic mass is 9.89. The Morgan fingerprint density at radius 3 is 2.75 bits per heavy atom. The van der Waals surface area contributed by atoms with Crippen LogP contribution in [0.4, 0.5) is 5.82 Å². The Morgan fingerprint density at radius 1 is 1.50 bits per heavy atom. The summed E-state index contributed by atoms with van der Waals surface area (Å²) >= 11 is 5.69. The van der Waals surface area contributed by atoms with E-state index < -0.39 is 5.97 Å². The highest BCUT2D eigenvalue weighted by Crippen LogP contribution is 2.24. The summed E-state index contributed by atoms with van der Waals surface area (Å²) in [4.78, 5) is 14.7. The Balaban J connectivity index is 2.10. The van der Waals surface area contributed by atoms with Crippen molar-refractivity contribution in [1.82, 2.24) is 4.98 Å². The van der Waals surface area contributed by atoms with Gasteiger partial charge in [-0.3, -0.25) is 0 Å². The minimum atomic E-state index is -1.15. The lowest BCUT2D eigenvalue weighted by molar-refractivity contribution is 0.0689. The van der Waals surface area contributed by atoms with Gasteiger partial charge in [0.05, 0.1) is 11.1 Å². The molecule has 0 bridgehead atoms. The van der Waals surface area contributed by atoms with Crippen molar-refractivity contribution < 1.29 is 15.0 Å². The van der Waals surface area contributed by atoms with Crippen LogP contribution in [0.5, 0.6) is 0 Å². The fourth-order valence-corrected chi connectivity index (χ4v) is 1.77. The van der Waals surface area contributed by atoms with Gasteiger partial charge in [-0.05, 0) is 25.0 Å². The summed E-state index contributed by atoms with van der Waals surface area (Å²) in [6.45, 7) is 0. The largest absolute Gasteiger partial charge is 0.476 e. The van der Waals surface area contributed by atoms with E-state index in [0.717, 1.165) is 0 Å². The zero-order valence-electron chi connectivity index (χ0n) is 8.35. The van der Waals surface area contributed by atoms with E-state index in [2.05, 4.69) is 10.3 Å². The number of hydrogen-bond donors (Lipinski definition) is 3. The summed E-state index contributed by atoms with van der Waals surface area (Å²) in [5, 5.41) is 21.1. The van der Waals surface area contributed by atoms with Crippen molar-refractivity contribution in [2.75, 3.05) is 5.32 Å². The van der Waals surface area contributed by atoms with Crippen LogP contribution in [0.15, 0.2) is 12.1 Å². The first-order chi connectivity index (χ1) is 7.56. The Morgan fingerprint density at radius 2 is 2.19 bits per heavy atom. The highest BCUT2D eigenvalue weighted by molar-refractivity contribution is 6.33. The number of halogens is 1. The number of carbonyl (C=O) groups is 1. The van der Waals surface area contributed by atoms with E-state index in [1.807, 2.05) is 0 Å². The van der Waals surface area contributed by atoms with E-state index >= 15 is 0 Å². The molecule has 3 N–H and O–H groups in total. The summed E-state index contributed by atoms with van der Waals surface area (Å²) in [7, 11) is 0. The molecule has 1 aliphatic rings. The number of pyridine rings is 1. The van der Waals surface area contributed by atoms with E-state index in [0.29, 0.717) is 18.7 Å². The van der Waals surface area contributed by atoms with E-state index in [4.69, 9.17) is 21.8 Å². The fourth-order valence-electron chi connectivity index (χ4n) is 1.59. The molecule has 2 rings (SSSR count). The first kappa shape index (κ1) is 11.2. The van der Waals surface area contributed by atoms with Crippen LogP contribution in [0.25, 0.3) is 0 Å². The number of rotatable bonds is 3. The van der Waals surface area contributed by atoms with Gasteiger partial charge in [0.2, 0.25) is 0 Å². The number of anilines is 1. The molecule has 0 atom stereocenters. The Labute approximate surface area is 97.1 Å². The van der Waals surface area contributed by atoms with Crippen molar-refractivity contribution in [3.05, 3.63) is 22.8 Å². The topological polar surface area (TPSA) is 82.5 Å². The second kappa shape index (κ2) is 4.27. The van der Waals surface area contributed by atoms with Crippen LogP contribution >= 0.6 is 11.6 Å². The monoisotopic (exact) mass is 242 g/mol. The van der Waals surface area contributed by atoms with E-state index in [9.17, 15) is 4.79 Å². The van der Waals surface area contributed by atoms with E-state index in [1.54, 1.807) is 6.07 Å². The first-order valence-electron chi connectivity index (χ1n) is 4.90. The molecule has 0 aromatic carbocycles. The predicted octanol–water partition coefficient (Wildman–Crippen LogP) is 1.37. The molecule has 1 aliphatic carbocycles. The number of carboxylic acids is 1. The maximum absolute atomic E-state index is 10.8. The van der Waals surface area contributed by atoms with Gasteiger partial charge in [-0.1, -0.05) is 11.6 Å². The first-order valence-corrected chi connectivity index (χ1v) is 5.28. The summed E-state index contributed by atoms with van der Waals surface area (Å²) in [6, 6.07) is 3.28. The second-order valence-corrected chi connectivity index (χ2v) is 4.21. The minimum absolute atomic E-state index is 0.117. The number of nitrogens with one attached hydrogen (secondary N) is 1. The molecule has 1 fully saturated rings. The Kier molecular flexibility index (Phi) is 2.98. The number of aromatic carboxylic acids is 1. The molecule has 16 heavy (non-hydrogen) atoms. The molecule has 1 heterocycles. The molecule has 6 heteroatoms. The van der Waals surface area contributed by atoms with Gasteiger partial charge in [0.1, 0.15) is 5.82 Å². The maximum atomic E-state index is 10.8. The summed E-state index contributed by atoms with van der Waals surface area (Å²) in [5.41, 5.74) is -0.161. The number of carboxylic acid groups (broad SMARTS) is 1. The van der Waals surface area contributed by atoms with Gasteiger partial charge in [0.25, 0.3) is 0 Å². The summed E-state index contributed by atoms with van der Waals surface area (Å²) in [6.07, 6.45) is 1.06. The highest BCUT2D eigenvalue weighted by Gasteiger charge is 2.27. The maximum Gasteiger partial charge on any atom is 0.356 e. The zero-order chi connectivity index (χ0) is 11.7. The third-order valence-electron chi connectivity index (χ3n) is 2.51. The summed E-state index contributed by atoms with van der Waals surface area (Å²) < 4.78 is 0. The molecule has 86 valence electrons. The number of aliphatic hydroxyl groups is 1. The van der Waals surface area contributed by atoms with Crippen molar-refractivity contribution in [2.24, 2.45) is 0 Å². The highest BCUT2D eigenvalue weighted by atomic mass is 35.5. The molecule has 0 spiro atoms. The fraction of sp³-hybridized carbons (Fsp3) is 0.400. The average molecular weight is 243 g/mol. The number of aromatic nitrogens is 1. The number of hydrogen-bond acceptors (Lipinski definition) is 4. The van der Waals surface area contributed by atoms with Gasteiger partial charge in [0, 0.05) is 6.04 Å². The third kappa shape index (κ3) is 2.25. The predicted molar refractivity (Wildman–Crippen MR) is 58.9 cm³/mol. The van der Waals surface area contributed by atoms with Gasteiger partial charge in [-0.2, -0.15) is 0 Å². The molecule has 0 unspecified atom stereocenters. The lowest BCUT2D eigenvalue weighted by Gasteiger charge is -2.32. The second-order valence-electron chi connectivity index (χ2n) is 3.80. The van der Waals surface area contributed by atoms with Crippen LogP contribution in [-0.2, 0) is 0 Å². The Bertz CT molecular complexity index is 419. The quantitative estimate of drug-likeness (QED) is 0.746. The standard InChI is InChI=1S/C10H11ClN2O3/c11-7-1-2-8(13-9(7)10(15)16)12-5-3-6(14)4-5/h1-2,5-6,14H,3-4H2,(H,12,13)(H,15,16). The molecular formula is C10H11ClN2O3. The molecule has 5 nitrogen and oxygen atoms in total. The minimum Gasteiger partial charge on any atom is -0.476 e. The molecule has 0 radical (unpaired) electrons. The van der Waals surface area contributed by atoms with Gasteiger partial charge in [-0.25, -0.2) is 9.78 Å². The molecule has 0 aliphatic heterocycles. The lowest BCUT2D eigenvalue weighted by Crippen LogP contribution is -2.39. The van der Waals surface area contributed by atoms with Gasteiger partial charge in [0.15, 0.2) is 5.69 Å². The molecule has 0 saturated heterocycles.